The lowest BCUT2D eigenvalue weighted by atomic mass is 10.0. The van der Waals surface area contributed by atoms with E-state index in [-0.39, 0.29) is 23.1 Å². The highest BCUT2D eigenvalue weighted by atomic mass is 16.3. The molecule has 22 heavy (non-hydrogen) atoms. The summed E-state index contributed by atoms with van der Waals surface area (Å²) in [6.45, 7) is 5.93. The van der Waals surface area contributed by atoms with Crippen LogP contribution in [0.25, 0.3) is 11.0 Å². The monoisotopic (exact) mass is 295 g/mol. The Morgan fingerprint density at radius 2 is 2.00 bits per heavy atom. The van der Waals surface area contributed by atoms with E-state index in [0.717, 1.165) is 16.6 Å². The summed E-state index contributed by atoms with van der Waals surface area (Å²) >= 11 is 0. The summed E-state index contributed by atoms with van der Waals surface area (Å²) in [4.78, 5) is 16.9. The summed E-state index contributed by atoms with van der Waals surface area (Å²) in [5.41, 5.74) is 2.40. The van der Waals surface area contributed by atoms with Gasteiger partial charge >= 0.3 is 0 Å². The molecule has 3 aromatic rings. The maximum absolute atomic E-state index is 12.6. The molecule has 2 aromatic heterocycles. The van der Waals surface area contributed by atoms with Crippen LogP contribution in [0.4, 0.5) is 0 Å². The number of benzene rings is 1. The number of aryl methyl sites for hydroxylation is 1. The van der Waals surface area contributed by atoms with Gasteiger partial charge < -0.3 is 5.11 Å². The van der Waals surface area contributed by atoms with Crippen molar-refractivity contribution in [2.24, 2.45) is 0 Å². The van der Waals surface area contributed by atoms with Crippen molar-refractivity contribution in [1.29, 1.82) is 0 Å². The zero-order valence-corrected chi connectivity index (χ0v) is 12.7. The molecule has 0 aliphatic carbocycles. The van der Waals surface area contributed by atoms with E-state index in [1.807, 2.05) is 25.5 Å². The third-order valence-electron chi connectivity index (χ3n) is 3.58. The Morgan fingerprint density at radius 1 is 1.23 bits per heavy atom. The number of aromatic hydroxyl groups is 1. The van der Waals surface area contributed by atoms with Crippen LogP contribution in [0.5, 0.6) is 5.75 Å². The Kier molecular flexibility index (Phi) is 3.41. The minimum atomic E-state index is -0.243. The lowest BCUT2D eigenvalue weighted by Crippen LogP contribution is -2.05. The largest absolute Gasteiger partial charge is 0.507 e. The van der Waals surface area contributed by atoms with E-state index in [1.54, 1.807) is 24.4 Å². The Labute approximate surface area is 128 Å². The van der Waals surface area contributed by atoms with Gasteiger partial charge in [-0.1, -0.05) is 11.6 Å². The number of nitrogens with zero attached hydrogens (tertiary/aromatic N) is 3. The maximum atomic E-state index is 12.6. The number of fused-ring (bicyclic) bond motifs is 1. The number of phenols is 1. The van der Waals surface area contributed by atoms with Crippen LogP contribution in [-0.2, 0) is 0 Å². The Hall–Kier alpha value is -2.69. The third kappa shape index (κ3) is 2.35. The van der Waals surface area contributed by atoms with Crippen molar-refractivity contribution in [3.05, 3.63) is 53.3 Å². The van der Waals surface area contributed by atoms with E-state index in [9.17, 15) is 9.90 Å². The standard InChI is InChI=1S/C17H17N3O2/c1-10(2)20-17-13(9-19-20)7-12(8-18-17)16(22)14-6-11(3)4-5-15(14)21/h4-10,21H,1-3H3. The van der Waals surface area contributed by atoms with E-state index in [2.05, 4.69) is 10.1 Å². The lowest BCUT2D eigenvalue weighted by molar-refractivity contribution is 0.103. The molecule has 5 heteroatoms. The smallest absolute Gasteiger partial charge is 0.198 e. The molecule has 1 aromatic carbocycles. The van der Waals surface area contributed by atoms with Gasteiger partial charge in [-0.25, -0.2) is 9.67 Å². The third-order valence-corrected chi connectivity index (χ3v) is 3.58. The molecule has 112 valence electrons. The number of aromatic nitrogens is 3. The quantitative estimate of drug-likeness (QED) is 0.753. The molecule has 0 amide bonds. The van der Waals surface area contributed by atoms with Gasteiger partial charge in [-0.2, -0.15) is 5.10 Å². The molecule has 0 spiro atoms. The molecule has 0 aliphatic rings. The Morgan fingerprint density at radius 3 is 2.73 bits per heavy atom. The number of rotatable bonds is 3. The zero-order valence-electron chi connectivity index (χ0n) is 12.7. The number of ketones is 1. The molecule has 0 saturated carbocycles. The number of carbonyl (C=O) groups excluding carboxylic acids is 1. The maximum Gasteiger partial charge on any atom is 0.198 e. The molecule has 0 fully saturated rings. The van der Waals surface area contributed by atoms with Crippen LogP contribution in [0.3, 0.4) is 0 Å². The number of hydrogen-bond acceptors (Lipinski definition) is 4. The highest BCUT2D eigenvalue weighted by molar-refractivity contribution is 6.11. The van der Waals surface area contributed by atoms with E-state index in [0.29, 0.717) is 5.56 Å². The number of pyridine rings is 1. The first-order valence-electron chi connectivity index (χ1n) is 7.15. The van der Waals surface area contributed by atoms with E-state index >= 15 is 0 Å². The molecule has 0 saturated heterocycles. The fourth-order valence-electron chi connectivity index (χ4n) is 2.43. The number of hydrogen-bond donors (Lipinski definition) is 1. The van der Waals surface area contributed by atoms with Crippen molar-refractivity contribution in [2.45, 2.75) is 26.8 Å². The molecule has 1 N–H and O–H groups in total. The molecule has 0 atom stereocenters. The van der Waals surface area contributed by atoms with Crippen molar-refractivity contribution in [3.8, 4) is 5.75 Å². The van der Waals surface area contributed by atoms with E-state index in [4.69, 9.17) is 0 Å². The van der Waals surface area contributed by atoms with Crippen LogP contribution < -0.4 is 0 Å². The average molecular weight is 295 g/mol. The summed E-state index contributed by atoms with van der Waals surface area (Å²) in [6, 6.07) is 6.94. The highest BCUT2D eigenvalue weighted by Gasteiger charge is 2.16. The molecule has 2 heterocycles. The topological polar surface area (TPSA) is 68.0 Å². The van der Waals surface area contributed by atoms with Gasteiger partial charge in [0.25, 0.3) is 0 Å². The van der Waals surface area contributed by atoms with Crippen molar-refractivity contribution in [2.75, 3.05) is 0 Å². The first-order chi connectivity index (χ1) is 10.5. The summed E-state index contributed by atoms with van der Waals surface area (Å²) in [5.74, 6) is -0.263. The van der Waals surface area contributed by atoms with E-state index in [1.165, 1.54) is 12.3 Å². The average Bonchev–Trinajstić information content (AvgIpc) is 2.92. The minimum absolute atomic E-state index is 0.0198. The molecule has 3 rings (SSSR count). The SMILES string of the molecule is Cc1ccc(O)c(C(=O)c2cnc3c(cnn3C(C)C)c2)c1. The van der Waals surface area contributed by atoms with E-state index < -0.39 is 0 Å². The molecule has 0 aliphatic heterocycles. The van der Waals surface area contributed by atoms with Gasteiger partial charge in [0, 0.05) is 23.2 Å². The van der Waals surface area contributed by atoms with Gasteiger partial charge in [-0.05, 0) is 39.0 Å². The molecule has 5 nitrogen and oxygen atoms in total. The summed E-state index contributed by atoms with van der Waals surface area (Å²) in [6.07, 6.45) is 3.24. The minimum Gasteiger partial charge on any atom is -0.507 e. The molecular weight excluding hydrogens is 278 g/mol. The van der Waals surface area contributed by atoms with Crippen LogP contribution in [0, 0.1) is 6.92 Å². The first-order valence-corrected chi connectivity index (χ1v) is 7.15. The molecular formula is C17H17N3O2. The van der Waals surface area contributed by atoms with Crippen LogP contribution >= 0.6 is 0 Å². The zero-order chi connectivity index (χ0) is 15.9. The van der Waals surface area contributed by atoms with Gasteiger partial charge in [0.1, 0.15) is 5.75 Å². The second-order valence-electron chi connectivity index (χ2n) is 5.67. The first kappa shape index (κ1) is 14.3. The van der Waals surface area contributed by atoms with Crippen LogP contribution in [0.15, 0.2) is 36.7 Å². The molecule has 0 radical (unpaired) electrons. The second-order valence-corrected chi connectivity index (χ2v) is 5.67. The highest BCUT2D eigenvalue weighted by Crippen LogP contribution is 2.23. The summed E-state index contributed by atoms with van der Waals surface area (Å²) in [7, 11) is 0. The second kappa shape index (κ2) is 5.26. The fourth-order valence-corrected chi connectivity index (χ4v) is 2.43. The van der Waals surface area contributed by atoms with Gasteiger partial charge in [-0.3, -0.25) is 4.79 Å². The molecule has 0 bridgehead atoms. The Bertz CT molecular complexity index is 865. The van der Waals surface area contributed by atoms with Crippen molar-refractivity contribution < 1.29 is 9.90 Å². The van der Waals surface area contributed by atoms with Crippen molar-refractivity contribution in [1.82, 2.24) is 14.8 Å². The fraction of sp³-hybridized carbons (Fsp3) is 0.235. The van der Waals surface area contributed by atoms with Crippen LogP contribution in [-0.4, -0.2) is 25.7 Å². The van der Waals surface area contributed by atoms with Crippen LogP contribution in [0.2, 0.25) is 0 Å². The Balaban J connectivity index is 2.06. The number of phenolic OH excluding ortho intramolecular Hbond substituents is 1. The lowest BCUT2D eigenvalue weighted by Gasteiger charge is -2.07. The van der Waals surface area contributed by atoms with Crippen LogP contribution in [0.1, 0.15) is 41.4 Å². The predicted octanol–water partition coefficient (Wildman–Crippen LogP) is 3.26. The van der Waals surface area contributed by atoms with Crippen molar-refractivity contribution in [3.63, 3.8) is 0 Å². The number of carbonyl (C=O) groups is 1. The normalized spacial score (nSPS) is 11.3. The summed E-state index contributed by atoms with van der Waals surface area (Å²) in [5, 5.41) is 15.0. The van der Waals surface area contributed by atoms with Gasteiger partial charge in [0.05, 0.1) is 11.8 Å². The van der Waals surface area contributed by atoms with Crippen molar-refractivity contribution >= 4 is 16.8 Å². The van der Waals surface area contributed by atoms with Gasteiger partial charge in [0.15, 0.2) is 11.4 Å². The van der Waals surface area contributed by atoms with Gasteiger partial charge in [-0.15, -0.1) is 0 Å². The van der Waals surface area contributed by atoms with Gasteiger partial charge in [0.2, 0.25) is 0 Å². The predicted molar refractivity (Wildman–Crippen MR) is 84.2 cm³/mol. The molecule has 0 unspecified atom stereocenters. The summed E-state index contributed by atoms with van der Waals surface area (Å²) < 4.78 is 1.81.